The topological polar surface area (TPSA) is 37.4 Å². The van der Waals surface area contributed by atoms with Gasteiger partial charge in [0, 0.05) is 31.6 Å². The Hall–Kier alpha value is -0.650. The Morgan fingerprint density at radius 1 is 1.47 bits per heavy atom. The van der Waals surface area contributed by atoms with E-state index in [4.69, 9.17) is 4.74 Å². The second kappa shape index (κ2) is 5.80. The number of aromatic nitrogens is 1. The molecule has 1 aromatic rings. The number of ether oxygens (including phenoxy) is 1. The zero-order valence-corrected chi connectivity index (χ0v) is 11.6. The maximum Gasteiger partial charge on any atom is 0.185 e. The van der Waals surface area contributed by atoms with Crippen LogP contribution in [-0.2, 0) is 11.3 Å². The molecule has 4 nitrogen and oxygen atoms in total. The summed E-state index contributed by atoms with van der Waals surface area (Å²) in [6, 6.07) is 0. The molecular formula is C12H21N3OS. The molecule has 0 radical (unpaired) electrons. The number of hydrogen-bond acceptors (Lipinski definition) is 5. The van der Waals surface area contributed by atoms with Crippen molar-refractivity contribution < 1.29 is 4.74 Å². The lowest BCUT2D eigenvalue weighted by molar-refractivity contribution is 0.0819. The summed E-state index contributed by atoms with van der Waals surface area (Å²) in [7, 11) is 3.78. The first kappa shape index (κ1) is 12.8. The van der Waals surface area contributed by atoms with Crippen LogP contribution in [0.2, 0.25) is 0 Å². The van der Waals surface area contributed by atoms with Gasteiger partial charge in [-0.15, -0.1) is 11.3 Å². The second-order valence-corrected chi connectivity index (χ2v) is 5.52. The molecule has 17 heavy (non-hydrogen) atoms. The van der Waals surface area contributed by atoms with E-state index in [-0.39, 0.29) is 0 Å². The Kier molecular flexibility index (Phi) is 4.36. The van der Waals surface area contributed by atoms with Crippen LogP contribution in [0.1, 0.15) is 23.4 Å². The van der Waals surface area contributed by atoms with E-state index in [9.17, 15) is 0 Å². The molecule has 1 aliphatic rings. The minimum absolute atomic E-state index is 0.434. The second-order valence-electron chi connectivity index (χ2n) is 4.46. The van der Waals surface area contributed by atoms with Gasteiger partial charge < -0.3 is 15.0 Å². The lowest BCUT2D eigenvalue weighted by atomic mass is 10.1. The average Bonchev–Trinajstić information content (AvgIpc) is 2.72. The fourth-order valence-electron chi connectivity index (χ4n) is 2.16. The van der Waals surface area contributed by atoms with E-state index < -0.39 is 0 Å². The molecule has 1 N–H and O–H groups in total. The van der Waals surface area contributed by atoms with E-state index in [1.165, 1.54) is 10.0 Å². The highest BCUT2D eigenvalue weighted by atomic mass is 32.1. The highest BCUT2D eigenvalue weighted by Crippen LogP contribution is 2.28. The smallest absolute Gasteiger partial charge is 0.185 e. The maximum absolute atomic E-state index is 5.39. The van der Waals surface area contributed by atoms with Crippen LogP contribution in [0.15, 0.2) is 0 Å². The van der Waals surface area contributed by atoms with Crippen LogP contribution in [0.5, 0.6) is 0 Å². The van der Waals surface area contributed by atoms with Gasteiger partial charge in [0.25, 0.3) is 0 Å². The summed E-state index contributed by atoms with van der Waals surface area (Å²) in [5.74, 6) is 0. The predicted octanol–water partition coefficient (Wildman–Crippen LogP) is 1.79. The number of rotatable bonds is 4. The summed E-state index contributed by atoms with van der Waals surface area (Å²) in [6.45, 7) is 5.13. The lowest BCUT2D eigenvalue weighted by Gasteiger charge is -2.30. The van der Waals surface area contributed by atoms with Crippen LogP contribution in [0.3, 0.4) is 0 Å². The number of nitrogens with one attached hydrogen (secondary N) is 1. The number of nitrogens with zero attached hydrogens (tertiary/aromatic N) is 2. The number of thiazole rings is 1. The third-order valence-electron chi connectivity index (χ3n) is 3.26. The SMILES string of the molecule is CNCc1sc(N2CCC(OC)CC2)nc1C. The Labute approximate surface area is 107 Å². The molecule has 2 heterocycles. The zero-order valence-electron chi connectivity index (χ0n) is 10.8. The van der Waals surface area contributed by atoms with Crippen molar-refractivity contribution in [3.05, 3.63) is 10.6 Å². The molecule has 0 unspecified atom stereocenters. The third kappa shape index (κ3) is 2.97. The normalized spacial score (nSPS) is 17.7. The molecule has 0 atom stereocenters. The van der Waals surface area contributed by atoms with Crippen LogP contribution in [0.25, 0.3) is 0 Å². The summed E-state index contributed by atoms with van der Waals surface area (Å²) in [4.78, 5) is 8.39. The quantitative estimate of drug-likeness (QED) is 0.890. The average molecular weight is 255 g/mol. The number of piperidine rings is 1. The Morgan fingerprint density at radius 2 is 2.18 bits per heavy atom. The molecular weight excluding hydrogens is 234 g/mol. The van der Waals surface area contributed by atoms with Crippen molar-refractivity contribution in [3.8, 4) is 0 Å². The van der Waals surface area contributed by atoms with E-state index in [0.717, 1.165) is 38.2 Å². The minimum atomic E-state index is 0.434. The standard InChI is InChI=1S/C12H21N3OS/c1-9-11(8-13-2)17-12(14-9)15-6-4-10(16-3)5-7-15/h10,13H,4-8H2,1-3H3. The molecule has 0 aromatic carbocycles. The number of hydrogen-bond donors (Lipinski definition) is 1. The molecule has 1 saturated heterocycles. The van der Waals surface area contributed by atoms with Crippen molar-refractivity contribution in [1.29, 1.82) is 0 Å². The summed E-state index contributed by atoms with van der Waals surface area (Å²) >= 11 is 1.81. The van der Waals surface area contributed by atoms with Gasteiger partial charge in [-0.3, -0.25) is 0 Å². The van der Waals surface area contributed by atoms with Gasteiger partial charge in [-0.25, -0.2) is 4.98 Å². The van der Waals surface area contributed by atoms with Crippen molar-refractivity contribution in [2.45, 2.75) is 32.4 Å². The maximum atomic E-state index is 5.39. The van der Waals surface area contributed by atoms with Crippen LogP contribution in [0.4, 0.5) is 5.13 Å². The molecule has 1 aromatic heterocycles. The van der Waals surface area contributed by atoms with Crippen molar-refractivity contribution in [1.82, 2.24) is 10.3 Å². The van der Waals surface area contributed by atoms with Gasteiger partial charge in [0.2, 0.25) is 0 Å². The van der Waals surface area contributed by atoms with Crippen LogP contribution in [0, 0.1) is 6.92 Å². The van der Waals surface area contributed by atoms with E-state index in [1.54, 1.807) is 7.11 Å². The van der Waals surface area contributed by atoms with E-state index in [0.29, 0.717) is 6.10 Å². The van der Waals surface area contributed by atoms with Crippen LogP contribution < -0.4 is 10.2 Å². The van der Waals surface area contributed by atoms with Crippen LogP contribution in [-0.4, -0.2) is 38.3 Å². The minimum Gasteiger partial charge on any atom is -0.381 e. The van der Waals surface area contributed by atoms with Crippen molar-refractivity contribution in [2.24, 2.45) is 0 Å². The molecule has 2 rings (SSSR count). The van der Waals surface area contributed by atoms with Gasteiger partial charge in [0.1, 0.15) is 0 Å². The van der Waals surface area contributed by atoms with E-state index >= 15 is 0 Å². The highest BCUT2D eigenvalue weighted by Gasteiger charge is 2.21. The summed E-state index contributed by atoms with van der Waals surface area (Å²) in [5, 5.41) is 4.36. The molecule has 0 saturated carbocycles. The Bertz CT molecular complexity index is 359. The Balaban J connectivity index is 2.00. The van der Waals surface area contributed by atoms with Gasteiger partial charge in [-0.2, -0.15) is 0 Å². The van der Waals surface area contributed by atoms with Crippen molar-refractivity contribution in [2.75, 3.05) is 32.1 Å². The summed E-state index contributed by atoms with van der Waals surface area (Å²) in [6.07, 6.45) is 2.65. The Morgan fingerprint density at radius 3 is 2.76 bits per heavy atom. The first-order valence-corrected chi connectivity index (χ1v) is 6.95. The largest absolute Gasteiger partial charge is 0.381 e. The molecule has 1 fully saturated rings. The monoisotopic (exact) mass is 255 g/mol. The zero-order chi connectivity index (χ0) is 12.3. The van der Waals surface area contributed by atoms with Crippen molar-refractivity contribution in [3.63, 3.8) is 0 Å². The fraction of sp³-hybridized carbons (Fsp3) is 0.750. The number of methoxy groups -OCH3 is 1. The van der Waals surface area contributed by atoms with Gasteiger partial charge in [-0.1, -0.05) is 0 Å². The molecule has 96 valence electrons. The third-order valence-corrected chi connectivity index (χ3v) is 4.48. The van der Waals surface area contributed by atoms with E-state index in [1.807, 2.05) is 18.4 Å². The molecule has 0 bridgehead atoms. The molecule has 0 spiro atoms. The van der Waals surface area contributed by atoms with Gasteiger partial charge in [0.05, 0.1) is 11.8 Å². The van der Waals surface area contributed by atoms with Crippen molar-refractivity contribution >= 4 is 16.5 Å². The molecule has 0 aliphatic carbocycles. The predicted molar refractivity (Wildman–Crippen MR) is 71.9 cm³/mol. The summed E-state index contributed by atoms with van der Waals surface area (Å²) in [5.41, 5.74) is 1.16. The molecule has 5 heteroatoms. The van der Waals surface area contributed by atoms with Gasteiger partial charge in [0.15, 0.2) is 5.13 Å². The first-order valence-electron chi connectivity index (χ1n) is 6.13. The molecule has 1 aliphatic heterocycles. The van der Waals surface area contributed by atoms with Gasteiger partial charge in [-0.05, 0) is 26.8 Å². The first-order chi connectivity index (χ1) is 8.24. The molecule has 0 amide bonds. The van der Waals surface area contributed by atoms with Gasteiger partial charge >= 0.3 is 0 Å². The fourth-order valence-corrected chi connectivity index (χ4v) is 3.28. The van der Waals surface area contributed by atoms with E-state index in [2.05, 4.69) is 22.1 Å². The number of aryl methyl sites for hydroxylation is 1. The highest BCUT2D eigenvalue weighted by molar-refractivity contribution is 7.15. The lowest BCUT2D eigenvalue weighted by Crippen LogP contribution is -2.36. The van der Waals surface area contributed by atoms with Crippen LogP contribution >= 0.6 is 11.3 Å². The number of anilines is 1. The summed E-state index contributed by atoms with van der Waals surface area (Å²) < 4.78 is 5.39.